The highest BCUT2D eigenvalue weighted by Gasteiger charge is 2.51. The Kier molecular flexibility index (Phi) is 4.68. The number of rotatable bonds is 5. The summed E-state index contributed by atoms with van der Waals surface area (Å²) in [6.45, 7) is 2.03. The highest BCUT2D eigenvalue weighted by Crippen LogP contribution is 2.51. The summed E-state index contributed by atoms with van der Waals surface area (Å²) in [4.78, 5) is 17.6. The Labute approximate surface area is 188 Å². The molecule has 1 aliphatic heterocycles. The molecule has 0 saturated heterocycles. The van der Waals surface area contributed by atoms with Crippen molar-refractivity contribution in [3.8, 4) is 22.6 Å². The molecule has 1 amide bonds. The van der Waals surface area contributed by atoms with Crippen LogP contribution in [0.25, 0.3) is 11.1 Å². The number of hydrogen-bond acceptors (Lipinski definition) is 6. The monoisotopic (exact) mass is 455 g/mol. The number of anilines is 1. The zero-order chi connectivity index (χ0) is 22.5. The Balaban J connectivity index is 0.00000162. The van der Waals surface area contributed by atoms with Gasteiger partial charge in [-0.1, -0.05) is 18.2 Å². The van der Waals surface area contributed by atoms with Gasteiger partial charge in [-0.15, -0.1) is 0 Å². The number of aryl methyl sites for hydroxylation is 1. The van der Waals surface area contributed by atoms with Crippen LogP contribution in [0.3, 0.4) is 0 Å². The lowest BCUT2D eigenvalue weighted by atomic mass is 9.94. The highest BCUT2D eigenvalue weighted by atomic mass is 32.2. The molecule has 1 aliphatic carbocycles. The number of ether oxygens (including phenoxy) is 2. The first kappa shape index (κ1) is 20.5. The number of fused-ring (bicyclic) bond motifs is 1. The van der Waals surface area contributed by atoms with Gasteiger partial charge in [-0.05, 0) is 66.8 Å². The van der Waals surface area contributed by atoms with Crippen LogP contribution in [0.4, 0.5) is 5.82 Å². The van der Waals surface area contributed by atoms with Crippen molar-refractivity contribution in [2.75, 3.05) is 12.1 Å². The maximum absolute atomic E-state index is 13.2. The largest absolute Gasteiger partial charge is 0.454 e. The molecule has 0 bridgehead atoms. The molecule has 5 rings (SSSR count). The topological polar surface area (TPSA) is 121 Å². The van der Waals surface area contributed by atoms with Crippen molar-refractivity contribution in [2.24, 2.45) is 5.14 Å². The Hall–Kier alpha value is -3.43. The van der Waals surface area contributed by atoms with Gasteiger partial charge >= 0.3 is 0 Å². The van der Waals surface area contributed by atoms with Crippen molar-refractivity contribution in [3.05, 3.63) is 65.9 Å². The van der Waals surface area contributed by atoms with Gasteiger partial charge in [0.1, 0.15) is 5.82 Å². The van der Waals surface area contributed by atoms with Crippen LogP contribution in [0, 0.1) is 6.92 Å². The van der Waals surface area contributed by atoms with E-state index in [9.17, 15) is 13.2 Å². The molecule has 1 aromatic heterocycles. The average molecular weight is 456 g/mol. The smallest absolute Gasteiger partial charge is 0.238 e. The van der Waals surface area contributed by atoms with Gasteiger partial charge in [-0.3, -0.25) is 4.79 Å². The van der Waals surface area contributed by atoms with E-state index in [0.29, 0.717) is 22.9 Å². The predicted octanol–water partition coefficient (Wildman–Crippen LogP) is 3.60. The number of hydrogen-bond donors (Lipinski definition) is 2. The quantitative estimate of drug-likeness (QED) is 0.606. The molecule has 2 heterocycles. The predicted molar refractivity (Wildman–Crippen MR) is 122 cm³/mol. The number of sulfonamides is 1. The van der Waals surface area contributed by atoms with Crippen LogP contribution in [-0.4, -0.2) is 26.1 Å². The van der Waals surface area contributed by atoms with E-state index >= 15 is 0 Å². The Morgan fingerprint density at radius 3 is 2.59 bits per heavy atom. The number of carbonyl (C=O) groups excluding carboxylic acids is 1. The summed E-state index contributed by atoms with van der Waals surface area (Å²) in [5.74, 6) is 1.69. The maximum Gasteiger partial charge on any atom is 0.238 e. The zero-order valence-electron chi connectivity index (χ0n) is 17.3. The molecule has 0 unspecified atom stereocenters. The lowest BCUT2D eigenvalue weighted by molar-refractivity contribution is -0.118. The second-order valence-electron chi connectivity index (χ2n) is 8.07. The third-order valence-corrected chi connectivity index (χ3v) is 6.83. The molecule has 1 fully saturated rings. The lowest BCUT2D eigenvalue weighted by Gasteiger charge is -2.17. The molecule has 2 aromatic carbocycles. The van der Waals surface area contributed by atoms with E-state index in [0.717, 1.165) is 29.5 Å². The Morgan fingerprint density at radius 1 is 1.09 bits per heavy atom. The molecule has 168 valence electrons. The first-order chi connectivity index (χ1) is 15.3. The number of pyridine rings is 1. The fraction of sp³-hybridized carbons (Fsp3) is 0.217. The van der Waals surface area contributed by atoms with E-state index in [2.05, 4.69) is 10.3 Å². The number of nitrogens with one attached hydrogen (secondary N) is 1. The molecule has 9 heteroatoms. The van der Waals surface area contributed by atoms with Gasteiger partial charge in [0.2, 0.25) is 22.7 Å². The molecule has 3 N–H and O–H groups in total. The summed E-state index contributed by atoms with van der Waals surface area (Å²) in [6, 6.07) is 13.8. The van der Waals surface area contributed by atoms with Gasteiger partial charge in [0, 0.05) is 14.6 Å². The molecule has 2 aliphatic rings. The Bertz CT molecular complexity index is 1360. The molecule has 0 atom stereocenters. The van der Waals surface area contributed by atoms with Gasteiger partial charge in [0.15, 0.2) is 11.5 Å². The number of aromatic nitrogens is 1. The second kappa shape index (κ2) is 7.32. The van der Waals surface area contributed by atoms with Crippen LogP contribution < -0.4 is 19.9 Å². The number of nitrogens with two attached hydrogens (primary N) is 1. The van der Waals surface area contributed by atoms with Crippen molar-refractivity contribution in [2.45, 2.75) is 30.1 Å². The second-order valence-corrected chi connectivity index (χ2v) is 9.63. The normalized spacial score (nSPS) is 15.9. The summed E-state index contributed by atoms with van der Waals surface area (Å²) in [5, 5.41) is 8.19. The summed E-state index contributed by atoms with van der Waals surface area (Å²) in [6.07, 6.45) is 3.09. The van der Waals surface area contributed by atoms with Crippen LogP contribution in [0.1, 0.15) is 26.8 Å². The van der Waals surface area contributed by atoms with Gasteiger partial charge in [0.25, 0.3) is 0 Å². The summed E-state index contributed by atoms with van der Waals surface area (Å²) < 4.78 is 34.1. The minimum atomic E-state index is -3.80. The van der Waals surface area contributed by atoms with Gasteiger partial charge in [0.05, 0.1) is 10.3 Å². The van der Waals surface area contributed by atoms with E-state index in [1.165, 1.54) is 12.1 Å². The van der Waals surface area contributed by atoms with E-state index in [1.807, 2.05) is 31.2 Å². The molecule has 0 radical (unpaired) electrons. The molecule has 8 nitrogen and oxygen atoms in total. The number of benzene rings is 2. The summed E-state index contributed by atoms with van der Waals surface area (Å²) in [7, 11) is -3.80. The van der Waals surface area contributed by atoms with E-state index in [-0.39, 0.29) is 20.4 Å². The first-order valence-corrected chi connectivity index (χ1v) is 11.6. The van der Waals surface area contributed by atoms with Gasteiger partial charge in [-0.25, -0.2) is 18.5 Å². The van der Waals surface area contributed by atoms with Gasteiger partial charge in [-0.2, -0.15) is 0 Å². The standard InChI is InChI=1S/C23H21N3O5S.2H2/c1-14-9-16(15-3-2-4-18(10-15)32(24,28)29)12-25-21(14)26-22(27)23(7-8-23)17-5-6-19-20(11-17)31-13-30-19;;/h2-6,9-12H,7-8,13H2,1H3,(H2,24,28,29)(H,25,26,27);2*1H. The van der Waals surface area contributed by atoms with Crippen LogP contribution in [0.5, 0.6) is 11.5 Å². The fourth-order valence-corrected chi connectivity index (χ4v) is 4.47. The summed E-state index contributed by atoms with van der Waals surface area (Å²) in [5.41, 5.74) is 2.45. The summed E-state index contributed by atoms with van der Waals surface area (Å²) >= 11 is 0. The van der Waals surface area contributed by atoms with E-state index in [4.69, 9.17) is 14.6 Å². The van der Waals surface area contributed by atoms with Crippen LogP contribution >= 0.6 is 0 Å². The van der Waals surface area contributed by atoms with Crippen LogP contribution in [-0.2, 0) is 20.2 Å². The Morgan fingerprint density at radius 2 is 1.88 bits per heavy atom. The molecule has 0 spiro atoms. The van der Waals surface area contributed by atoms with E-state index in [1.54, 1.807) is 18.3 Å². The van der Waals surface area contributed by atoms with Crippen molar-refractivity contribution in [1.82, 2.24) is 4.98 Å². The SMILES string of the molecule is Cc1cc(-c2cccc(S(N)(=O)=O)c2)cnc1NC(=O)C1(c2ccc3c(c2)OCO3)CC1.[HH].[HH]. The first-order valence-electron chi connectivity index (χ1n) is 10.1. The lowest BCUT2D eigenvalue weighted by Crippen LogP contribution is -2.28. The van der Waals surface area contributed by atoms with Crippen molar-refractivity contribution in [1.29, 1.82) is 0 Å². The molecular formula is C23H25N3O5S. The van der Waals surface area contributed by atoms with Crippen molar-refractivity contribution in [3.63, 3.8) is 0 Å². The third kappa shape index (κ3) is 3.59. The van der Waals surface area contributed by atoms with Gasteiger partial charge < -0.3 is 14.8 Å². The molecule has 32 heavy (non-hydrogen) atoms. The van der Waals surface area contributed by atoms with Crippen LogP contribution in [0.15, 0.2) is 59.6 Å². The molecular weight excluding hydrogens is 430 g/mol. The zero-order valence-corrected chi connectivity index (χ0v) is 18.1. The number of amides is 1. The maximum atomic E-state index is 13.2. The third-order valence-electron chi connectivity index (χ3n) is 5.92. The molecule has 1 saturated carbocycles. The van der Waals surface area contributed by atoms with Crippen LogP contribution in [0.2, 0.25) is 0 Å². The van der Waals surface area contributed by atoms with Crippen molar-refractivity contribution < 1.29 is 25.5 Å². The van der Waals surface area contributed by atoms with E-state index < -0.39 is 15.4 Å². The minimum absolute atomic E-state index is 0. The molecule has 3 aromatic rings. The minimum Gasteiger partial charge on any atom is -0.454 e. The average Bonchev–Trinajstić information content (AvgIpc) is 3.45. The fourth-order valence-electron chi connectivity index (χ4n) is 3.91. The number of primary sulfonamides is 1. The number of carbonyl (C=O) groups is 1. The van der Waals surface area contributed by atoms with Crippen molar-refractivity contribution >= 4 is 21.7 Å². The highest BCUT2D eigenvalue weighted by molar-refractivity contribution is 7.89. The number of nitrogens with zero attached hydrogens (tertiary/aromatic N) is 1.